The smallest absolute Gasteiger partial charge is 0.422 e. The van der Waals surface area contributed by atoms with E-state index in [1.807, 2.05) is 24.3 Å². The summed E-state index contributed by atoms with van der Waals surface area (Å²) in [5, 5.41) is 9.50. The maximum absolute atomic E-state index is 12.8. The minimum Gasteiger partial charge on any atom is -0.494 e. The molecule has 214 valence electrons. The first kappa shape index (κ1) is 29.1. The van der Waals surface area contributed by atoms with Gasteiger partial charge in [-0.3, -0.25) is 4.79 Å². The average Bonchev–Trinajstić information content (AvgIpc) is 2.91. The summed E-state index contributed by atoms with van der Waals surface area (Å²) in [4.78, 5) is 21.3. The predicted molar refractivity (Wildman–Crippen MR) is 146 cm³/mol. The van der Waals surface area contributed by atoms with Crippen LogP contribution in [0.25, 0.3) is 0 Å². The third-order valence-electron chi connectivity index (χ3n) is 6.21. The van der Waals surface area contributed by atoms with Crippen LogP contribution in [0.15, 0.2) is 54.6 Å². The van der Waals surface area contributed by atoms with Gasteiger partial charge in [0.15, 0.2) is 6.61 Å². The zero-order chi connectivity index (χ0) is 28.6. The van der Waals surface area contributed by atoms with E-state index >= 15 is 0 Å². The van der Waals surface area contributed by atoms with Crippen molar-refractivity contribution in [2.24, 2.45) is 5.41 Å². The molecule has 0 radical (unpaired) electrons. The van der Waals surface area contributed by atoms with E-state index in [1.165, 1.54) is 6.07 Å². The zero-order valence-corrected chi connectivity index (χ0v) is 22.6. The van der Waals surface area contributed by atoms with Gasteiger partial charge in [-0.2, -0.15) is 18.2 Å². The lowest BCUT2D eigenvalue weighted by molar-refractivity contribution is -0.154. The lowest BCUT2D eigenvalue weighted by Gasteiger charge is -2.25. The van der Waals surface area contributed by atoms with Crippen molar-refractivity contribution < 1.29 is 27.4 Å². The molecule has 0 fully saturated rings. The first-order valence-electron chi connectivity index (χ1n) is 13.2. The number of aromatic nitrogens is 2. The number of benzene rings is 2. The van der Waals surface area contributed by atoms with Gasteiger partial charge in [-0.25, -0.2) is 4.98 Å². The molecular weight excluding hydrogens is 523 g/mol. The largest absolute Gasteiger partial charge is 0.494 e. The average molecular weight is 558 g/mol. The molecule has 2 aromatic carbocycles. The summed E-state index contributed by atoms with van der Waals surface area (Å²) in [6.45, 7) is 5.65. The molecule has 40 heavy (non-hydrogen) atoms. The Kier molecular flexibility index (Phi) is 9.46. The Balaban J connectivity index is 1.56. The lowest BCUT2D eigenvalue weighted by Crippen LogP contribution is -2.40. The Bertz CT molecular complexity index is 1270. The maximum atomic E-state index is 12.8. The molecule has 0 aliphatic carbocycles. The van der Waals surface area contributed by atoms with Gasteiger partial charge in [-0.1, -0.05) is 38.1 Å². The Morgan fingerprint density at radius 3 is 2.42 bits per heavy atom. The SMILES string of the molecule is CC1(C)CNCCCOc2ccc(cc2)CNc2nc(cc(OCC(F)(F)F)n2)Cc2ccc(cc2)C(=O)NC1. The van der Waals surface area contributed by atoms with Crippen LogP contribution in [0.3, 0.4) is 0 Å². The van der Waals surface area contributed by atoms with Crippen LogP contribution < -0.4 is 25.4 Å². The minimum absolute atomic E-state index is 0.148. The molecule has 4 aliphatic heterocycles. The summed E-state index contributed by atoms with van der Waals surface area (Å²) in [5.41, 5.74) is 2.59. The number of rotatable bonds is 2. The van der Waals surface area contributed by atoms with Crippen molar-refractivity contribution in [3.63, 3.8) is 0 Å². The molecule has 6 bridgehead atoms. The predicted octanol–water partition coefficient (Wildman–Crippen LogP) is 4.75. The number of amides is 1. The van der Waals surface area contributed by atoms with Crippen LogP contribution in [0.1, 0.15) is 47.4 Å². The number of carbonyl (C=O) groups is 1. The molecule has 0 spiro atoms. The van der Waals surface area contributed by atoms with Crippen LogP contribution in [0.2, 0.25) is 0 Å². The van der Waals surface area contributed by atoms with Gasteiger partial charge in [-0.15, -0.1) is 0 Å². The van der Waals surface area contributed by atoms with Gasteiger partial charge in [0, 0.05) is 37.7 Å². The molecule has 7 rings (SSSR count). The molecule has 0 saturated carbocycles. The Morgan fingerprint density at radius 2 is 1.70 bits per heavy atom. The number of halogens is 3. The molecule has 1 aromatic heterocycles. The number of nitrogens with zero attached hydrogens (tertiary/aromatic N) is 2. The van der Waals surface area contributed by atoms with Crippen LogP contribution in [0.5, 0.6) is 11.6 Å². The molecule has 8 nitrogen and oxygen atoms in total. The van der Waals surface area contributed by atoms with Gasteiger partial charge < -0.3 is 25.4 Å². The van der Waals surface area contributed by atoms with Gasteiger partial charge in [0.2, 0.25) is 11.8 Å². The van der Waals surface area contributed by atoms with Crippen LogP contribution in [0.4, 0.5) is 19.1 Å². The summed E-state index contributed by atoms with van der Waals surface area (Å²) in [6.07, 6.45) is -3.36. The number of hydrogen-bond acceptors (Lipinski definition) is 7. The highest BCUT2D eigenvalue weighted by Crippen LogP contribution is 2.21. The molecule has 0 saturated heterocycles. The van der Waals surface area contributed by atoms with Crippen LogP contribution >= 0.6 is 0 Å². The van der Waals surface area contributed by atoms with Crippen molar-refractivity contribution in [3.05, 3.63) is 77.0 Å². The molecule has 0 atom stereocenters. The van der Waals surface area contributed by atoms with Crippen LogP contribution in [0, 0.1) is 5.41 Å². The number of hydrogen-bond donors (Lipinski definition) is 3. The fourth-order valence-corrected chi connectivity index (χ4v) is 4.04. The summed E-state index contributed by atoms with van der Waals surface area (Å²) in [5.74, 6) is 0.538. The van der Waals surface area contributed by atoms with Gasteiger partial charge >= 0.3 is 6.18 Å². The minimum atomic E-state index is -4.50. The van der Waals surface area contributed by atoms with E-state index in [9.17, 15) is 18.0 Å². The van der Waals surface area contributed by atoms with Crippen molar-refractivity contribution >= 4 is 11.9 Å². The van der Waals surface area contributed by atoms with Crippen molar-refractivity contribution in [1.82, 2.24) is 20.6 Å². The summed E-state index contributed by atoms with van der Waals surface area (Å²) < 4.78 is 49.1. The fraction of sp³-hybridized carbons (Fsp3) is 0.414. The normalized spacial score (nSPS) is 16.8. The van der Waals surface area contributed by atoms with Gasteiger partial charge in [0.25, 0.3) is 5.91 Å². The number of alkyl halides is 3. The zero-order valence-electron chi connectivity index (χ0n) is 22.6. The molecule has 11 heteroatoms. The number of ether oxygens (including phenoxy) is 2. The number of nitrogens with one attached hydrogen (secondary N) is 3. The highest BCUT2D eigenvalue weighted by atomic mass is 19.4. The van der Waals surface area contributed by atoms with Gasteiger partial charge in [-0.05, 0) is 53.8 Å². The fourth-order valence-electron chi connectivity index (χ4n) is 4.04. The van der Waals surface area contributed by atoms with E-state index in [0.717, 1.165) is 36.4 Å². The van der Waals surface area contributed by atoms with Gasteiger partial charge in [0.1, 0.15) is 5.75 Å². The number of carbonyl (C=O) groups excluding carboxylic acids is 1. The summed E-state index contributed by atoms with van der Waals surface area (Å²) in [7, 11) is 0. The second kappa shape index (κ2) is 13.0. The monoisotopic (exact) mass is 557 g/mol. The quantitative estimate of drug-likeness (QED) is 0.419. The lowest BCUT2D eigenvalue weighted by atomic mass is 9.93. The molecule has 3 aromatic rings. The second-order valence-corrected chi connectivity index (χ2v) is 10.5. The molecule has 5 heterocycles. The van der Waals surface area contributed by atoms with E-state index in [-0.39, 0.29) is 23.2 Å². The van der Waals surface area contributed by atoms with Crippen molar-refractivity contribution in [2.45, 2.75) is 39.4 Å². The second-order valence-electron chi connectivity index (χ2n) is 10.5. The Hall–Kier alpha value is -3.86. The number of anilines is 1. The van der Waals surface area contributed by atoms with Crippen LogP contribution in [-0.4, -0.2) is 54.9 Å². The topological polar surface area (TPSA) is 97.4 Å². The van der Waals surface area contributed by atoms with Crippen molar-refractivity contribution in [3.8, 4) is 11.6 Å². The van der Waals surface area contributed by atoms with E-state index < -0.39 is 12.8 Å². The van der Waals surface area contributed by atoms with E-state index in [1.54, 1.807) is 24.3 Å². The molecule has 1 amide bonds. The Labute approximate surface area is 231 Å². The molecular formula is C29H34F3N5O3. The Morgan fingerprint density at radius 1 is 0.975 bits per heavy atom. The molecule has 4 aliphatic rings. The standard InChI is InChI=1S/C29H34F3N5O3/c1-28(2)17-33-12-3-13-39-24-10-6-21(7-11-24)16-34-27-36-23(15-25(37-27)40-19-29(30,31)32)14-20-4-8-22(9-5-20)26(38)35-18-28/h4-11,15,33H,3,12-14,16-19H2,1-2H3,(H,35,38)(H,34,36,37). The van der Waals surface area contributed by atoms with E-state index in [0.29, 0.717) is 37.4 Å². The third kappa shape index (κ3) is 9.41. The highest BCUT2D eigenvalue weighted by Gasteiger charge is 2.29. The van der Waals surface area contributed by atoms with Gasteiger partial charge in [0.05, 0.1) is 12.3 Å². The third-order valence-corrected chi connectivity index (χ3v) is 6.21. The molecule has 3 N–H and O–H groups in total. The maximum Gasteiger partial charge on any atom is 0.422 e. The van der Waals surface area contributed by atoms with Crippen molar-refractivity contribution in [2.75, 3.05) is 38.2 Å². The first-order chi connectivity index (χ1) is 19.0. The molecule has 0 unspecified atom stereocenters. The van der Waals surface area contributed by atoms with Crippen LogP contribution in [-0.2, 0) is 13.0 Å². The van der Waals surface area contributed by atoms with E-state index in [2.05, 4.69) is 39.8 Å². The summed E-state index contributed by atoms with van der Waals surface area (Å²) >= 11 is 0. The first-order valence-corrected chi connectivity index (χ1v) is 13.2. The highest BCUT2D eigenvalue weighted by molar-refractivity contribution is 5.94. The van der Waals surface area contributed by atoms with E-state index in [4.69, 9.17) is 9.47 Å². The van der Waals surface area contributed by atoms with Crippen molar-refractivity contribution in [1.29, 1.82) is 0 Å². The summed E-state index contributed by atoms with van der Waals surface area (Å²) in [6, 6.07) is 16.0.